The Balaban J connectivity index is 1.89. The van der Waals surface area contributed by atoms with Gasteiger partial charge in [0.15, 0.2) is 9.84 Å². The van der Waals surface area contributed by atoms with E-state index in [1.807, 2.05) is 6.08 Å². The number of nitrogens with zero attached hydrogens (tertiary/aromatic N) is 1. The van der Waals surface area contributed by atoms with Crippen molar-refractivity contribution in [3.63, 3.8) is 0 Å². The smallest absolute Gasteiger partial charge is 0.374 e. The van der Waals surface area contributed by atoms with Crippen LogP contribution in [-0.4, -0.2) is 38.1 Å². The minimum Gasteiger partial charge on any atom is -0.374 e. The molecule has 0 spiro atoms. The van der Waals surface area contributed by atoms with Crippen LogP contribution in [0.15, 0.2) is 45.8 Å². The number of rotatable bonds is 3. The molecule has 29 heavy (non-hydrogen) atoms. The highest BCUT2D eigenvalue weighted by Crippen LogP contribution is 2.40. The second-order valence-corrected chi connectivity index (χ2v) is 11.4. The number of hydrogen-bond acceptors (Lipinski definition) is 4. The number of hydrogen-bond donors (Lipinski definition) is 0. The lowest BCUT2D eigenvalue weighted by molar-refractivity contribution is -0.137. The van der Waals surface area contributed by atoms with Gasteiger partial charge in [0.2, 0.25) is 0 Å². The van der Waals surface area contributed by atoms with E-state index in [1.165, 1.54) is 6.07 Å². The third-order valence-corrected chi connectivity index (χ3v) is 8.17. The SMILES string of the molecule is CC(C)(C)C1=NCC(C2CC(C)(S(=O)(=O)c3cccc(C(F)(F)F)c3)CCO2)=C1. The van der Waals surface area contributed by atoms with Crippen LogP contribution in [0, 0.1) is 5.41 Å². The van der Waals surface area contributed by atoms with Gasteiger partial charge in [0.25, 0.3) is 0 Å². The molecule has 0 aromatic heterocycles. The second kappa shape index (κ2) is 7.23. The zero-order chi connectivity index (χ0) is 21.7. The van der Waals surface area contributed by atoms with E-state index in [9.17, 15) is 21.6 Å². The molecule has 4 nitrogen and oxygen atoms in total. The molecule has 8 heteroatoms. The fourth-order valence-corrected chi connectivity index (χ4v) is 5.50. The highest BCUT2D eigenvalue weighted by Gasteiger charge is 2.46. The van der Waals surface area contributed by atoms with Crippen LogP contribution in [0.25, 0.3) is 0 Å². The minimum atomic E-state index is -4.60. The van der Waals surface area contributed by atoms with E-state index in [4.69, 9.17) is 4.74 Å². The summed E-state index contributed by atoms with van der Waals surface area (Å²) >= 11 is 0. The summed E-state index contributed by atoms with van der Waals surface area (Å²) in [6.07, 6.45) is -2.64. The first-order valence-corrected chi connectivity index (χ1v) is 11.0. The molecular formula is C21H26F3NO3S. The number of ether oxygens (including phenoxy) is 1. The molecule has 2 atom stereocenters. The fourth-order valence-electron chi connectivity index (χ4n) is 3.67. The van der Waals surface area contributed by atoms with Crippen LogP contribution in [0.4, 0.5) is 13.2 Å². The van der Waals surface area contributed by atoms with Gasteiger partial charge in [0.1, 0.15) is 0 Å². The molecule has 1 aromatic carbocycles. The fraction of sp³-hybridized carbons (Fsp3) is 0.571. The van der Waals surface area contributed by atoms with Gasteiger partial charge in [-0.2, -0.15) is 13.2 Å². The van der Waals surface area contributed by atoms with Crippen molar-refractivity contribution in [2.24, 2.45) is 10.4 Å². The van der Waals surface area contributed by atoms with Crippen molar-refractivity contribution in [3.05, 3.63) is 41.5 Å². The number of alkyl halides is 3. The maximum atomic E-state index is 13.3. The Kier molecular flexibility index (Phi) is 5.49. The lowest BCUT2D eigenvalue weighted by Gasteiger charge is -2.38. The van der Waals surface area contributed by atoms with E-state index in [0.29, 0.717) is 6.54 Å². The summed E-state index contributed by atoms with van der Waals surface area (Å²) in [7, 11) is -3.99. The van der Waals surface area contributed by atoms with Crippen LogP contribution in [0.3, 0.4) is 0 Å². The molecule has 0 amide bonds. The number of allylic oxidation sites excluding steroid dienone is 1. The Morgan fingerprint density at radius 1 is 1.21 bits per heavy atom. The summed E-state index contributed by atoms with van der Waals surface area (Å²) in [5.41, 5.74) is 0.765. The van der Waals surface area contributed by atoms with Crippen LogP contribution >= 0.6 is 0 Å². The lowest BCUT2D eigenvalue weighted by Crippen LogP contribution is -2.45. The van der Waals surface area contributed by atoms with Gasteiger partial charge in [-0.1, -0.05) is 26.8 Å². The van der Waals surface area contributed by atoms with E-state index in [0.717, 1.165) is 29.5 Å². The molecule has 1 fully saturated rings. The molecule has 0 bridgehead atoms. The zero-order valence-electron chi connectivity index (χ0n) is 17.0. The van der Waals surface area contributed by atoms with E-state index in [1.54, 1.807) is 6.92 Å². The van der Waals surface area contributed by atoms with Crippen LogP contribution in [0.5, 0.6) is 0 Å². The van der Waals surface area contributed by atoms with Crippen molar-refractivity contribution in [2.45, 2.75) is 62.5 Å². The summed E-state index contributed by atoms with van der Waals surface area (Å²) in [6.45, 7) is 8.43. The van der Waals surface area contributed by atoms with Gasteiger partial charge >= 0.3 is 6.18 Å². The van der Waals surface area contributed by atoms with Crippen molar-refractivity contribution >= 4 is 15.5 Å². The van der Waals surface area contributed by atoms with E-state index >= 15 is 0 Å². The summed E-state index contributed by atoms with van der Waals surface area (Å²) in [5, 5.41) is 0. The van der Waals surface area contributed by atoms with Gasteiger partial charge in [0.05, 0.1) is 27.9 Å². The Morgan fingerprint density at radius 3 is 2.48 bits per heavy atom. The average molecular weight is 430 g/mol. The van der Waals surface area contributed by atoms with Crippen molar-refractivity contribution in [1.29, 1.82) is 0 Å². The maximum Gasteiger partial charge on any atom is 0.416 e. The van der Waals surface area contributed by atoms with Crippen molar-refractivity contribution in [3.8, 4) is 0 Å². The van der Waals surface area contributed by atoms with Gasteiger partial charge in [-0.05, 0) is 49.6 Å². The Bertz CT molecular complexity index is 958. The molecule has 2 aliphatic heterocycles. The quantitative estimate of drug-likeness (QED) is 0.691. The largest absolute Gasteiger partial charge is 0.416 e. The predicted molar refractivity (Wildman–Crippen MR) is 106 cm³/mol. The minimum absolute atomic E-state index is 0.121. The van der Waals surface area contributed by atoms with Crippen molar-refractivity contribution in [2.75, 3.05) is 13.2 Å². The molecule has 160 valence electrons. The van der Waals surface area contributed by atoms with Crippen LogP contribution < -0.4 is 0 Å². The summed E-state index contributed by atoms with van der Waals surface area (Å²) in [4.78, 5) is 4.24. The van der Waals surface area contributed by atoms with Gasteiger partial charge in [-0.25, -0.2) is 8.42 Å². The van der Waals surface area contributed by atoms with Gasteiger partial charge in [-0.15, -0.1) is 0 Å². The summed E-state index contributed by atoms with van der Waals surface area (Å²) in [6, 6.07) is 3.97. The van der Waals surface area contributed by atoms with Gasteiger partial charge < -0.3 is 4.74 Å². The molecule has 2 unspecified atom stereocenters. The van der Waals surface area contributed by atoms with Crippen LogP contribution in [0.2, 0.25) is 0 Å². The Labute approximate surface area is 169 Å². The topological polar surface area (TPSA) is 55.7 Å². The molecular weight excluding hydrogens is 403 g/mol. The first kappa shape index (κ1) is 22.0. The Morgan fingerprint density at radius 2 is 1.90 bits per heavy atom. The molecule has 2 heterocycles. The molecule has 3 rings (SSSR count). The van der Waals surface area contributed by atoms with Crippen molar-refractivity contribution in [1.82, 2.24) is 0 Å². The normalized spacial score (nSPS) is 26.2. The molecule has 0 aliphatic carbocycles. The third-order valence-electron chi connectivity index (χ3n) is 5.62. The molecule has 1 aromatic rings. The van der Waals surface area contributed by atoms with Crippen LogP contribution in [-0.2, 0) is 20.8 Å². The van der Waals surface area contributed by atoms with Gasteiger partial charge in [-0.3, -0.25) is 4.99 Å². The first-order valence-electron chi connectivity index (χ1n) is 9.53. The highest BCUT2D eigenvalue weighted by molar-refractivity contribution is 7.92. The predicted octanol–water partition coefficient (Wildman–Crippen LogP) is 4.84. The van der Waals surface area contributed by atoms with Gasteiger partial charge in [0, 0.05) is 17.7 Å². The summed E-state index contributed by atoms with van der Waals surface area (Å²) in [5.74, 6) is 0. The number of halogens is 3. The average Bonchev–Trinajstić information content (AvgIpc) is 3.12. The molecule has 0 saturated carbocycles. The standard InChI is InChI=1S/C21H26F3NO3S/c1-19(2,3)18-10-14(13-25-18)17-12-20(4,8-9-28-17)29(26,27)16-7-5-6-15(11-16)21(22,23)24/h5-7,10-11,17H,8-9,12-13H2,1-4H3. The van der Waals surface area contributed by atoms with Crippen LogP contribution in [0.1, 0.15) is 46.1 Å². The molecule has 0 radical (unpaired) electrons. The van der Waals surface area contributed by atoms with E-state index in [-0.39, 0.29) is 29.8 Å². The third kappa shape index (κ3) is 4.28. The Hall–Kier alpha value is -1.67. The first-order chi connectivity index (χ1) is 13.2. The molecule has 1 saturated heterocycles. The van der Waals surface area contributed by atoms with E-state index < -0.39 is 32.4 Å². The molecule has 2 aliphatic rings. The maximum absolute atomic E-state index is 13.3. The number of benzene rings is 1. The van der Waals surface area contributed by atoms with Crippen molar-refractivity contribution < 1.29 is 26.3 Å². The zero-order valence-corrected chi connectivity index (χ0v) is 17.8. The van der Waals surface area contributed by atoms with E-state index in [2.05, 4.69) is 25.8 Å². The second-order valence-electron chi connectivity index (χ2n) is 8.96. The molecule has 0 N–H and O–H groups in total. The monoisotopic (exact) mass is 429 g/mol. The number of sulfone groups is 1. The summed E-state index contributed by atoms with van der Waals surface area (Å²) < 4.78 is 70.4. The lowest BCUT2D eigenvalue weighted by atomic mass is 9.88. The highest BCUT2D eigenvalue weighted by atomic mass is 32.2. The number of aliphatic imine (C=N–C) groups is 1.